The summed E-state index contributed by atoms with van der Waals surface area (Å²) in [6.07, 6.45) is -13.0. The van der Waals surface area contributed by atoms with E-state index in [1.54, 1.807) is 0 Å². The Morgan fingerprint density at radius 2 is 1.17 bits per heavy atom. The van der Waals surface area contributed by atoms with E-state index in [1.807, 2.05) is 0 Å². The van der Waals surface area contributed by atoms with Crippen LogP contribution in [0.1, 0.15) is 34.6 Å². The van der Waals surface area contributed by atoms with Crippen molar-refractivity contribution in [2.45, 2.75) is 89.9 Å². The molecule has 0 radical (unpaired) electrons. The Morgan fingerprint density at radius 1 is 0.694 bits per heavy atom. The molecule has 0 aromatic carbocycles. The lowest BCUT2D eigenvalue weighted by atomic mass is 9.98. The first-order valence-corrected chi connectivity index (χ1v) is 10.9. The van der Waals surface area contributed by atoms with Crippen molar-refractivity contribution in [3.63, 3.8) is 0 Å². The van der Waals surface area contributed by atoms with E-state index in [4.69, 9.17) is 37.9 Å². The highest BCUT2D eigenvalue weighted by Gasteiger charge is 2.51. The van der Waals surface area contributed by atoms with Gasteiger partial charge in [0.15, 0.2) is 43.1 Å². The summed E-state index contributed by atoms with van der Waals surface area (Å²) in [6, 6.07) is 0. The molecule has 0 aliphatic carbocycles. The van der Waals surface area contributed by atoms with Gasteiger partial charge in [-0.2, -0.15) is 0 Å². The molecule has 204 valence electrons. The molecule has 0 spiro atoms. The maximum Gasteiger partial charge on any atom is 0.303 e. The Morgan fingerprint density at radius 3 is 1.69 bits per heavy atom. The number of hydrogen-bond donors (Lipinski definition) is 2. The number of aliphatic hydroxyl groups excluding tert-OH is 2. The number of ether oxygens (including phenoxy) is 8. The molecule has 2 fully saturated rings. The van der Waals surface area contributed by atoms with Crippen molar-refractivity contribution in [2.24, 2.45) is 0 Å². The summed E-state index contributed by atoms with van der Waals surface area (Å²) in [5.41, 5.74) is 0. The van der Waals surface area contributed by atoms with Gasteiger partial charge in [0, 0.05) is 34.6 Å². The number of hydrogen-bond acceptors (Lipinski definition) is 15. The van der Waals surface area contributed by atoms with Crippen LogP contribution in [0.15, 0.2) is 0 Å². The van der Waals surface area contributed by atoms with Gasteiger partial charge in [0.1, 0.15) is 12.2 Å². The third-order valence-electron chi connectivity index (χ3n) is 4.97. The van der Waals surface area contributed by atoms with Gasteiger partial charge in [0.2, 0.25) is 0 Å². The van der Waals surface area contributed by atoms with E-state index in [0.29, 0.717) is 0 Å². The monoisotopic (exact) mass is 522 g/mol. The Balaban J connectivity index is 2.20. The van der Waals surface area contributed by atoms with Gasteiger partial charge in [-0.3, -0.25) is 24.0 Å². The molecule has 0 saturated carbocycles. The number of aliphatic hydroxyl groups is 2. The van der Waals surface area contributed by atoms with Crippen LogP contribution in [-0.4, -0.2) is 109 Å². The zero-order valence-corrected chi connectivity index (χ0v) is 20.3. The second kappa shape index (κ2) is 12.9. The lowest BCUT2D eigenvalue weighted by molar-refractivity contribution is -0.316. The van der Waals surface area contributed by atoms with E-state index in [-0.39, 0.29) is 6.61 Å². The molecule has 2 saturated heterocycles. The first-order chi connectivity index (χ1) is 16.8. The van der Waals surface area contributed by atoms with Crippen LogP contribution in [0.4, 0.5) is 0 Å². The Kier molecular flexibility index (Phi) is 10.5. The molecular formula is C21H30O15. The summed E-state index contributed by atoms with van der Waals surface area (Å²) in [6.45, 7) is 4.60. The molecule has 2 N–H and O–H groups in total. The SMILES string of the molecule is CC(=O)O[C@@H]1[C@@H](OC(C)=O)[C@H](O)[C@@H](CO[C@@H]2OC[C@H](OC(C)=O)[C@H](OC(C)=O)[C@H]2OC(C)=O)O[C@H]1O. The first kappa shape index (κ1) is 29.4. The highest BCUT2D eigenvalue weighted by molar-refractivity contribution is 5.68. The molecule has 2 rings (SSSR count). The van der Waals surface area contributed by atoms with Crippen molar-refractivity contribution in [2.75, 3.05) is 13.2 Å². The predicted octanol–water partition coefficient (Wildman–Crippen LogP) is -1.90. The van der Waals surface area contributed by atoms with Crippen LogP contribution in [0.3, 0.4) is 0 Å². The molecule has 36 heavy (non-hydrogen) atoms. The summed E-state index contributed by atoms with van der Waals surface area (Å²) in [4.78, 5) is 57.7. The van der Waals surface area contributed by atoms with Crippen molar-refractivity contribution in [1.29, 1.82) is 0 Å². The predicted molar refractivity (Wildman–Crippen MR) is 110 cm³/mol. The van der Waals surface area contributed by atoms with Crippen LogP contribution in [0, 0.1) is 0 Å². The van der Waals surface area contributed by atoms with Crippen molar-refractivity contribution < 1.29 is 72.1 Å². The topological polar surface area (TPSA) is 200 Å². The van der Waals surface area contributed by atoms with Crippen LogP contribution in [0.5, 0.6) is 0 Å². The molecule has 0 aromatic rings. The van der Waals surface area contributed by atoms with Gasteiger partial charge in [0.25, 0.3) is 0 Å². The largest absolute Gasteiger partial charge is 0.456 e. The second-order valence-corrected chi connectivity index (χ2v) is 8.03. The molecule has 0 unspecified atom stereocenters. The third-order valence-corrected chi connectivity index (χ3v) is 4.97. The Bertz CT molecular complexity index is 828. The molecule has 15 nitrogen and oxygen atoms in total. The summed E-state index contributed by atoms with van der Waals surface area (Å²) in [7, 11) is 0. The Hall–Kier alpha value is -2.85. The smallest absolute Gasteiger partial charge is 0.303 e. The number of carbonyl (C=O) groups is 5. The summed E-state index contributed by atoms with van der Waals surface area (Å²) >= 11 is 0. The van der Waals surface area contributed by atoms with Crippen LogP contribution in [-0.2, 0) is 61.9 Å². The Labute approximate surface area is 205 Å². The fourth-order valence-corrected chi connectivity index (χ4v) is 3.73. The summed E-state index contributed by atoms with van der Waals surface area (Å²) in [5, 5.41) is 21.0. The van der Waals surface area contributed by atoms with Gasteiger partial charge < -0.3 is 48.1 Å². The molecule has 0 amide bonds. The van der Waals surface area contributed by atoms with Crippen molar-refractivity contribution in [3.05, 3.63) is 0 Å². The minimum Gasteiger partial charge on any atom is -0.456 e. The first-order valence-electron chi connectivity index (χ1n) is 10.9. The van der Waals surface area contributed by atoms with Crippen LogP contribution < -0.4 is 0 Å². The van der Waals surface area contributed by atoms with Gasteiger partial charge in [-0.15, -0.1) is 0 Å². The average molecular weight is 522 g/mol. The van der Waals surface area contributed by atoms with E-state index < -0.39 is 91.8 Å². The normalized spacial score (nSPS) is 34.1. The van der Waals surface area contributed by atoms with Gasteiger partial charge >= 0.3 is 29.8 Å². The van der Waals surface area contributed by atoms with E-state index in [0.717, 1.165) is 34.6 Å². The van der Waals surface area contributed by atoms with E-state index in [1.165, 1.54) is 0 Å². The van der Waals surface area contributed by atoms with Gasteiger partial charge in [-0.25, -0.2) is 0 Å². The number of rotatable bonds is 8. The minimum atomic E-state index is -1.80. The van der Waals surface area contributed by atoms with Crippen molar-refractivity contribution in [3.8, 4) is 0 Å². The lowest BCUT2D eigenvalue weighted by Gasteiger charge is -2.43. The maximum absolute atomic E-state index is 11.7. The maximum atomic E-state index is 11.7. The zero-order valence-electron chi connectivity index (χ0n) is 20.3. The van der Waals surface area contributed by atoms with E-state index >= 15 is 0 Å². The third kappa shape index (κ3) is 8.09. The standard InChI is InChI=1S/C21H30O15/c1-8(22)31-14-7-30-21(19(35-12(5)26)16(14)32-9(2)23)29-6-13-15(27)17(33-10(3)24)18(20(28)36-13)34-11(4)25/h13-21,27-28H,6-7H2,1-5H3/t13-,14+,15-,16+,17+,18-,19-,20-,21-/m1/s1. The van der Waals surface area contributed by atoms with Gasteiger partial charge in [-0.05, 0) is 0 Å². The zero-order chi connectivity index (χ0) is 27.2. The molecular weight excluding hydrogens is 492 g/mol. The van der Waals surface area contributed by atoms with Crippen LogP contribution >= 0.6 is 0 Å². The fourth-order valence-electron chi connectivity index (χ4n) is 3.73. The summed E-state index contributed by atoms with van der Waals surface area (Å²) < 4.78 is 41.9. The molecule has 9 atom stereocenters. The molecule has 2 heterocycles. The molecule has 2 aliphatic rings. The minimum absolute atomic E-state index is 0.304. The van der Waals surface area contributed by atoms with Crippen molar-refractivity contribution in [1.82, 2.24) is 0 Å². The van der Waals surface area contributed by atoms with Crippen LogP contribution in [0.2, 0.25) is 0 Å². The average Bonchev–Trinajstić information content (AvgIpc) is 2.73. The van der Waals surface area contributed by atoms with Gasteiger partial charge in [-0.1, -0.05) is 0 Å². The van der Waals surface area contributed by atoms with E-state index in [2.05, 4.69) is 0 Å². The quantitative estimate of drug-likeness (QED) is 0.264. The molecule has 0 aromatic heterocycles. The number of esters is 5. The molecule has 15 heteroatoms. The highest BCUT2D eigenvalue weighted by atomic mass is 16.7. The number of carbonyl (C=O) groups excluding carboxylic acids is 5. The van der Waals surface area contributed by atoms with Crippen molar-refractivity contribution >= 4 is 29.8 Å². The lowest BCUT2D eigenvalue weighted by Crippen LogP contribution is -2.62. The van der Waals surface area contributed by atoms with Gasteiger partial charge in [0.05, 0.1) is 13.2 Å². The summed E-state index contributed by atoms with van der Waals surface area (Å²) in [5.74, 6) is -3.89. The second-order valence-electron chi connectivity index (χ2n) is 8.03. The van der Waals surface area contributed by atoms with Crippen LogP contribution in [0.25, 0.3) is 0 Å². The molecule has 0 bridgehead atoms. The highest BCUT2D eigenvalue weighted by Crippen LogP contribution is 2.29. The van der Waals surface area contributed by atoms with E-state index in [9.17, 15) is 34.2 Å². The molecule has 2 aliphatic heterocycles. The fraction of sp³-hybridized carbons (Fsp3) is 0.762.